The smallest absolute Gasteiger partial charge is 0.332 e. The van der Waals surface area contributed by atoms with Crippen LogP contribution in [0.1, 0.15) is 12.0 Å². The number of aliphatic hydroxyl groups is 1. The van der Waals surface area contributed by atoms with Crippen LogP contribution >= 0.6 is 0 Å². The molecule has 4 rings (SSSR count). The van der Waals surface area contributed by atoms with E-state index in [1.165, 1.54) is 48.0 Å². The van der Waals surface area contributed by atoms with Gasteiger partial charge in [0.2, 0.25) is 5.82 Å². The minimum atomic E-state index is -1.24. The van der Waals surface area contributed by atoms with E-state index in [-0.39, 0.29) is 43.3 Å². The zero-order valence-electron chi connectivity index (χ0n) is 17.5. The van der Waals surface area contributed by atoms with Gasteiger partial charge in [0.15, 0.2) is 22.7 Å². The minimum absolute atomic E-state index is 0.0221. The number of nitrogens with zero attached hydrogens (tertiary/aromatic N) is 4. The summed E-state index contributed by atoms with van der Waals surface area (Å²) in [6, 6.07) is 8.54. The van der Waals surface area contributed by atoms with E-state index in [0.29, 0.717) is 5.56 Å². The molecule has 2 aromatic heterocycles. The van der Waals surface area contributed by atoms with Crippen molar-refractivity contribution in [2.45, 2.75) is 19.5 Å². The van der Waals surface area contributed by atoms with Gasteiger partial charge < -0.3 is 9.84 Å². The van der Waals surface area contributed by atoms with Crippen LogP contribution in [0.25, 0.3) is 11.2 Å². The van der Waals surface area contributed by atoms with Crippen molar-refractivity contribution >= 4 is 11.2 Å². The van der Waals surface area contributed by atoms with Crippen LogP contribution in [-0.4, -0.2) is 30.4 Å². The van der Waals surface area contributed by atoms with Gasteiger partial charge in [0.1, 0.15) is 5.82 Å². The van der Waals surface area contributed by atoms with Crippen LogP contribution in [0.4, 0.5) is 13.2 Å². The van der Waals surface area contributed by atoms with Crippen molar-refractivity contribution < 1.29 is 23.0 Å². The number of rotatable bonds is 7. The highest BCUT2D eigenvalue weighted by atomic mass is 19.2. The Bertz CT molecular complexity index is 1440. The molecule has 0 bridgehead atoms. The van der Waals surface area contributed by atoms with Crippen LogP contribution in [0.5, 0.6) is 11.8 Å². The summed E-state index contributed by atoms with van der Waals surface area (Å²) in [4.78, 5) is 30.1. The third-order valence-electron chi connectivity index (χ3n) is 5.11. The number of aryl methyl sites for hydroxylation is 1. The monoisotopic (exact) mass is 460 g/mol. The molecule has 2 aromatic carbocycles. The molecule has 0 spiro atoms. The van der Waals surface area contributed by atoms with Gasteiger partial charge in [-0.15, -0.1) is 0 Å². The molecule has 0 radical (unpaired) electrons. The number of aliphatic hydroxyl groups excluding tert-OH is 1. The molecule has 0 aliphatic rings. The van der Waals surface area contributed by atoms with E-state index in [1.807, 2.05) is 0 Å². The van der Waals surface area contributed by atoms with Crippen molar-refractivity contribution in [3.63, 3.8) is 0 Å². The Labute approximate surface area is 184 Å². The fraction of sp³-hybridized carbons (Fsp3) is 0.227. The molecule has 33 heavy (non-hydrogen) atoms. The molecule has 0 aliphatic heterocycles. The van der Waals surface area contributed by atoms with Crippen molar-refractivity contribution in [2.75, 3.05) is 6.61 Å². The van der Waals surface area contributed by atoms with Gasteiger partial charge in [-0.2, -0.15) is 9.37 Å². The standard InChI is InChI=1S/C22H19F3N4O4/c1-27-19-18(20(31)28(22(27)32)10-3-11-30)29(12-13-6-8-14(23)9-7-13)21(26-19)33-16-5-2-4-15(24)17(16)25/h2,4-9,30H,3,10-12H2,1H3. The highest BCUT2D eigenvalue weighted by Gasteiger charge is 2.23. The number of halogens is 3. The molecule has 0 saturated heterocycles. The van der Waals surface area contributed by atoms with Gasteiger partial charge in [-0.3, -0.25) is 18.5 Å². The third-order valence-corrected chi connectivity index (χ3v) is 5.11. The highest BCUT2D eigenvalue weighted by molar-refractivity contribution is 5.72. The summed E-state index contributed by atoms with van der Waals surface area (Å²) in [5.41, 5.74) is -0.831. The van der Waals surface area contributed by atoms with E-state index in [1.54, 1.807) is 0 Å². The molecule has 0 amide bonds. The van der Waals surface area contributed by atoms with Gasteiger partial charge in [0.25, 0.3) is 5.56 Å². The number of aromatic nitrogens is 4. The topological polar surface area (TPSA) is 91.3 Å². The van der Waals surface area contributed by atoms with Crippen molar-refractivity contribution in [1.82, 2.24) is 18.7 Å². The lowest BCUT2D eigenvalue weighted by molar-refractivity contribution is 0.277. The second kappa shape index (κ2) is 8.94. The van der Waals surface area contributed by atoms with E-state index in [2.05, 4.69) is 4.98 Å². The highest BCUT2D eigenvalue weighted by Crippen LogP contribution is 2.28. The maximum atomic E-state index is 14.2. The molecule has 0 aliphatic carbocycles. The maximum absolute atomic E-state index is 14.2. The van der Waals surface area contributed by atoms with Gasteiger partial charge in [-0.1, -0.05) is 18.2 Å². The lowest BCUT2D eigenvalue weighted by atomic mass is 10.2. The fourth-order valence-electron chi connectivity index (χ4n) is 3.44. The quantitative estimate of drug-likeness (QED) is 0.458. The van der Waals surface area contributed by atoms with Crippen molar-refractivity contribution in [1.29, 1.82) is 0 Å². The van der Waals surface area contributed by atoms with Crippen LogP contribution < -0.4 is 16.0 Å². The molecule has 0 saturated carbocycles. The number of imidazole rings is 1. The Morgan fingerprint density at radius 2 is 1.76 bits per heavy atom. The predicted octanol–water partition coefficient (Wildman–Crippen LogP) is 2.54. The Morgan fingerprint density at radius 1 is 1.03 bits per heavy atom. The van der Waals surface area contributed by atoms with E-state index >= 15 is 0 Å². The molecular formula is C22H19F3N4O4. The number of fused-ring (bicyclic) bond motifs is 1. The van der Waals surface area contributed by atoms with Crippen molar-refractivity contribution in [3.05, 3.63) is 86.3 Å². The summed E-state index contributed by atoms with van der Waals surface area (Å²) in [7, 11) is 1.40. The Kier molecular flexibility index (Phi) is 6.05. The van der Waals surface area contributed by atoms with Gasteiger partial charge in [-0.05, 0) is 36.2 Å². The predicted molar refractivity (Wildman–Crippen MR) is 113 cm³/mol. The Balaban J connectivity index is 1.95. The molecule has 0 atom stereocenters. The molecule has 11 heteroatoms. The number of benzene rings is 2. The summed E-state index contributed by atoms with van der Waals surface area (Å²) in [5.74, 6) is -3.29. The molecule has 8 nitrogen and oxygen atoms in total. The van der Waals surface area contributed by atoms with Crippen LogP contribution in [0.2, 0.25) is 0 Å². The number of ether oxygens (including phenoxy) is 1. The van der Waals surface area contributed by atoms with E-state index in [0.717, 1.165) is 15.2 Å². The number of hydrogen-bond donors (Lipinski definition) is 1. The van der Waals surface area contributed by atoms with Crippen LogP contribution in [-0.2, 0) is 20.1 Å². The van der Waals surface area contributed by atoms with Crippen LogP contribution in [0.3, 0.4) is 0 Å². The molecule has 172 valence electrons. The Hall–Kier alpha value is -3.86. The fourth-order valence-corrected chi connectivity index (χ4v) is 3.44. The lowest BCUT2D eigenvalue weighted by Gasteiger charge is -2.11. The van der Waals surface area contributed by atoms with E-state index in [9.17, 15) is 22.8 Å². The second-order valence-electron chi connectivity index (χ2n) is 7.31. The average Bonchev–Trinajstić information content (AvgIpc) is 3.15. The van der Waals surface area contributed by atoms with Gasteiger partial charge >= 0.3 is 11.7 Å². The average molecular weight is 460 g/mol. The van der Waals surface area contributed by atoms with Gasteiger partial charge in [-0.25, -0.2) is 13.6 Å². The first-order valence-corrected chi connectivity index (χ1v) is 9.99. The first-order chi connectivity index (χ1) is 15.8. The number of hydrogen-bond acceptors (Lipinski definition) is 5. The molecular weight excluding hydrogens is 441 g/mol. The first kappa shape index (κ1) is 22.3. The molecule has 0 fully saturated rings. The van der Waals surface area contributed by atoms with Crippen LogP contribution in [0.15, 0.2) is 52.1 Å². The van der Waals surface area contributed by atoms with Crippen molar-refractivity contribution in [3.8, 4) is 11.8 Å². The largest absolute Gasteiger partial charge is 0.422 e. The summed E-state index contributed by atoms with van der Waals surface area (Å²) in [6.45, 7) is -0.291. The van der Waals surface area contributed by atoms with E-state index < -0.39 is 34.5 Å². The minimum Gasteiger partial charge on any atom is -0.422 e. The molecule has 4 aromatic rings. The molecule has 0 unspecified atom stereocenters. The summed E-state index contributed by atoms with van der Waals surface area (Å²) in [5, 5.41) is 9.12. The zero-order valence-corrected chi connectivity index (χ0v) is 17.5. The van der Waals surface area contributed by atoms with Gasteiger partial charge in [0.05, 0.1) is 6.54 Å². The summed E-state index contributed by atoms with van der Waals surface area (Å²) < 4.78 is 50.2. The van der Waals surface area contributed by atoms with Gasteiger partial charge in [0, 0.05) is 20.2 Å². The van der Waals surface area contributed by atoms with E-state index in [4.69, 9.17) is 9.84 Å². The normalized spacial score (nSPS) is 11.3. The summed E-state index contributed by atoms with van der Waals surface area (Å²) >= 11 is 0. The second-order valence-corrected chi connectivity index (χ2v) is 7.31. The first-order valence-electron chi connectivity index (χ1n) is 9.99. The lowest BCUT2D eigenvalue weighted by Crippen LogP contribution is -2.39. The third kappa shape index (κ3) is 4.14. The zero-order chi connectivity index (χ0) is 23.7. The van der Waals surface area contributed by atoms with Crippen LogP contribution in [0, 0.1) is 17.5 Å². The van der Waals surface area contributed by atoms with Crippen molar-refractivity contribution in [2.24, 2.45) is 7.05 Å². The molecule has 1 N–H and O–H groups in total. The SMILES string of the molecule is Cn1c(=O)n(CCCO)c(=O)c2c1nc(Oc1cccc(F)c1F)n2Cc1ccc(F)cc1. The maximum Gasteiger partial charge on any atom is 0.332 e. The molecule has 2 heterocycles. The summed E-state index contributed by atoms with van der Waals surface area (Å²) in [6.07, 6.45) is 0.171. The Morgan fingerprint density at radius 3 is 2.45 bits per heavy atom.